The second-order valence-electron chi connectivity index (χ2n) is 8.19. The molecule has 0 saturated carbocycles. The van der Waals surface area contributed by atoms with E-state index in [2.05, 4.69) is 51.6 Å². The van der Waals surface area contributed by atoms with Gasteiger partial charge in [0.2, 0.25) is 0 Å². The monoisotopic (exact) mass is 526 g/mol. The maximum Gasteiger partial charge on any atom is 0.317 e. The summed E-state index contributed by atoms with van der Waals surface area (Å²) in [6.07, 6.45) is 7.97. The highest BCUT2D eigenvalue weighted by atomic mass is 79.9. The van der Waals surface area contributed by atoms with Crippen molar-refractivity contribution >= 4 is 39.2 Å². The molecule has 0 bridgehead atoms. The number of nitrogens with zero attached hydrogens (tertiary/aromatic N) is 5. The smallest absolute Gasteiger partial charge is 0.317 e. The largest absolute Gasteiger partial charge is 0.480 e. The maximum absolute atomic E-state index is 11.2. The number of rotatable bonds is 8. The fraction of sp³-hybridized carbons (Fsp3) is 0.360. The average Bonchev–Trinajstić information content (AvgIpc) is 3.24. The van der Waals surface area contributed by atoms with Crippen LogP contribution in [0.3, 0.4) is 0 Å². The first-order valence-electron chi connectivity index (χ1n) is 11.3. The van der Waals surface area contributed by atoms with Gasteiger partial charge in [-0.15, -0.1) is 0 Å². The Morgan fingerprint density at radius 3 is 2.88 bits per heavy atom. The molecule has 8 nitrogen and oxygen atoms in total. The van der Waals surface area contributed by atoms with Gasteiger partial charge >= 0.3 is 5.97 Å². The van der Waals surface area contributed by atoms with E-state index in [0.717, 1.165) is 48.2 Å². The van der Waals surface area contributed by atoms with Crippen LogP contribution in [0.2, 0.25) is 0 Å². The van der Waals surface area contributed by atoms with Crippen LogP contribution in [0.1, 0.15) is 25.3 Å². The van der Waals surface area contributed by atoms with Crippen LogP contribution in [0.15, 0.2) is 60.5 Å². The minimum absolute atomic E-state index is 0.0340. The average molecular weight is 527 g/mol. The number of aliphatic carboxylic acids is 1. The third-order valence-corrected chi connectivity index (χ3v) is 6.29. The number of nitrogens with two attached hydrogens (primary N) is 1. The number of hydrogen-bond donors (Lipinski definition) is 2. The molecule has 0 radical (unpaired) electrons. The Labute approximate surface area is 208 Å². The van der Waals surface area contributed by atoms with Crippen molar-refractivity contribution in [2.75, 3.05) is 25.0 Å². The van der Waals surface area contributed by atoms with Crippen LogP contribution in [-0.2, 0) is 11.2 Å². The molecule has 3 heterocycles. The van der Waals surface area contributed by atoms with Gasteiger partial charge in [0.05, 0.1) is 12.7 Å². The molecule has 1 aliphatic heterocycles. The third kappa shape index (κ3) is 6.74. The summed E-state index contributed by atoms with van der Waals surface area (Å²) in [5, 5.41) is 14.2. The number of carboxylic acids is 1. The first-order valence-corrected chi connectivity index (χ1v) is 12.4. The van der Waals surface area contributed by atoms with Gasteiger partial charge in [0.15, 0.2) is 5.82 Å². The molecule has 0 aromatic carbocycles. The van der Waals surface area contributed by atoms with Gasteiger partial charge in [-0.3, -0.25) is 14.7 Å². The van der Waals surface area contributed by atoms with E-state index < -0.39 is 5.97 Å². The number of aryl methyl sites for hydroxylation is 1. The van der Waals surface area contributed by atoms with Crippen LogP contribution in [0.5, 0.6) is 0 Å². The topological polar surface area (TPSA) is 110 Å². The zero-order chi connectivity index (χ0) is 24.5. The lowest BCUT2D eigenvalue weighted by atomic mass is 9.93. The highest BCUT2D eigenvalue weighted by molar-refractivity contribution is 9.09. The van der Waals surface area contributed by atoms with Crippen LogP contribution in [0.25, 0.3) is 16.9 Å². The molecule has 3 rings (SSSR count). The van der Waals surface area contributed by atoms with E-state index in [1.165, 1.54) is 4.68 Å². The molecule has 0 spiro atoms. The number of piperidine rings is 1. The lowest BCUT2D eigenvalue weighted by molar-refractivity contribution is -0.138. The predicted octanol–water partition coefficient (Wildman–Crippen LogP) is 4.28. The van der Waals surface area contributed by atoms with Crippen LogP contribution < -0.4 is 5.73 Å². The summed E-state index contributed by atoms with van der Waals surface area (Å²) in [4.78, 5) is 22.6. The normalized spacial score (nSPS) is 16.6. The molecule has 2 aromatic rings. The Morgan fingerprint density at radius 1 is 1.35 bits per heavy atom. The van der Waals surface area contributed by atoms with Crippen molar-refractivity contribution in [1.29, 1.82) is 0 Å². The molecule has 34 heavy (non-hydrogen) atoms. The van der Waals surface area contributed by atoms with E-state index in [0.29, 0.717) is 17.7 Å². The highest BCUT2D eigenvalue weighted by Crippen LogP contribution is 2.32. The summed E-state index contributed by atoms with van der Waals surface area (Å²) >= 11 is 3.60. The van der Waals surface area contributed by atoms with Crippen molar-refractivity contribution < 1.29 is 9.90 Å². The number of halogens is 1. The van der Waals surface area contributed by atoms with Crippen molar-refractivity contribution in [3.63, 3.8) is 0 Å². The second kappa shape index (κ2) is 12.4. The van der Waals surface area contributed by atoms with Gasteiger partial charge in [-0.25, -0.2) is 4.99 Å². The van der Waals surface area contributed by atoms with Crippen LogP contribution >= 0.6 is 15.9 Å². The molecule has 1 atom stereocenters. The lowest BCUT2D eigenvalue weighted by Crippen LogP contribution is -2.41. The molecular weight excluding hydrogens is 496 g/mol. The first kappa shape index (κ1) is 25.6. The number of aromatic nitrogens is 3. The van der Waals surface area contributed by atoms with Gasteiger partial charge in [-0.2, -0.15) is 9.78 Å². The fourth-order valence-corrected chi connectivity index (χ4v) is 4.59. The Bertz CT molecular complexity index is 1110. The van der Waals surface area contributed by atoms with Gasteiger partial charge in [-0.1, -0.05) is 47.6 Å². The molecule has 3 N–H and O–H groups in total. The quantitative estimate of drug-likeness (QED) is 0.392. The number of likely N-dealkylation sites (tertiary alicyclic amines) is 1. The van der Waals surface area contributed by atoms with Gasteiger partial charge in [0.1, 0.15) is 5.82 Å². The van der Waals surface area contributed by atoms with Gasteiger partial charge in [-0.05, 0) is 43.5 Å². The molecule has 2 aromatic heterocycles. The summed E-state index contributed by atoms with van der Waals surface area (Å²) in [5.74, 6) is 0.160. The molecule has 180 valence electrons. The number of carboxylic acid groups (broad SMARTS) is 1. The first-order chi connectivity index (χ1) is 16.4. The van der Waals surface area contributed by atoms with E-state index in [1.807, 2.05) is 23.1 Å². The van der Waals surface area contributed by atoms with Crippen molar-refractivity contribution in [1.82, 2.24) is 19.7 Å². The van der Waals surface area contributed by atoms with Gasteiger partial charge in [0.25, 0.3) is 0 Å². The summed E-state index contributed by atoms with van der Waals surface area (Å²) in [6, 6.07) is 9.96. The highest BCUT2D eigenvalue weighted by Gasteiger charge is 2.26. The SMILES string of the molecule is C=C(N)n1ncc(-c2cncccccc(CC)c2)c1/N=C(\CBr)C1CCCN(CC(=O)O)C1. The number of alkyl halides is 1. The maximum atomic E-state index is 11.2. The van der Waals surface area contributed by atoms with Gasteiger partial charge < -0.3 is 10.8 Å². The number of hydrogen-bond acceptors (Lipinski definition) is 6. The van der Waals surface area contributed by atoms with Crippen LogP contribution in [0, 0.1) is 5.92 Å². The predicted molar refractivity (Wildman–Crippen MR) is 140 cm³/mol. The van der Waals surface area contributed by atoms with E-state index in [9.17, 15) is 9.90 Å². The molecular formula is C25H31BrN6O2. The van der Waals surface area contributed by atoms with Crippen LogP contribution in [-0.4, -0.2) is 61.4 Å². The zero-order valence-electron chi connectivity index (χ0n) is 19.4. The zero-order valence-corrected chi connectivity index (χ0v) is 21.0. The van der Waals surface area contributed by atoms with Crippen molar-refractivity contribution in [3.8, 4) is 11.1 Å². The fourth-order valence-electron chi connectivity index (χ4n) is 4.01. The Kier molecular flexibility index (Phi) is 9.35. The van der Waals surface area contributed by atoms with Crippen molar-refractivity contribution in [2.24, 2.45) is 16.6 Å². The van der Waals surface area contributed by atoms with E-state index in [-0.39, 0.29) is 18.3 Å². The Hall–Kier alpha value is -3.04. The molecule has 0 aliphatic carbocycles. The molecule has 9 heteroatoms. The number of carbonyl (C=O) groups is 1. The standard InChI is InChI=1S/C25H31BrN6O2/c1-3-19-8-5-4-6-10-28-14-21(12-19)22-15-29-32(18(2)27)25(22)30-23(13-26)20-9-7-11-31(16-20)17-24(33)34/h4-6,8,10,12,14-15,20H,2-3,7,9,11,13,16-17,27H2,1H3,(H,33,34)/b5-4?,6-4?,8-5?,10-6?,19-8?,19-12?,21-12?,21-14?,28-10?,28-14?,30-23+. The summed E-state index contributed by atoms with van der Waals surface area (Å²) in [7, 11) is 0. The van der Waals surface area contributed by atoms with E-state index in [4.69, 9.17) is 10.7 Å². The number of aliphatic imine (C=N–C) groups is 1. The van der Waals surface area contributed by atoms with Crippen molar-refractivity contribution in [3.05, 3.63) is 61.1 Å². The second-order valence-corrected chi connectivity index (χ2v) is 8.75. The third-order valence-electron chi connectivity index (χ3n) is 5.72. The molecule has 1 fully saturated rings. The molecule has 0 amide bonds. The lowest BCUT2D eigenvalue weighted by Gasteiger charge is -2.32. The molecule has 1 saturated heterocycles. The minimum Gasteiger partial charge on any atom is -0.480 e. The van der Waals surface area contributed by atoms with Crippen LogP contribution in [0.4, 0.5) is 5.82 Å². The summed E-state index contributed by atoms with van der Waals surface area (Å²) in [6.45, 7) is 7.43. The molecule has 1 aliphatic rings. The minimum atomic E-state index is -0.816. The summed E-state index contributed by atoms with van der Waals surface area (Å²) < 4.78 is 1.54. The van der Waals surface area contributed by atoms with Crippen molar-refractivity contribution in [2.45, 2.75) is 26.2 Å². The molecule has 1 unspecified atom stereocenters. The summed E-state index contributed by atoms with van der Waals surface area (Å²) in [5.41, 5.74) is 9.77. The Morgan fingerprint density at radius 2 is 2.18 bits per heavy atom. The van der Waals surface area contributed by atoms with E-state index in [1.54, 1.807) is 18.6 Å². The van der Waals surface area contributed by atoms with E-state index >= 15 is 0 Å². The van der Waals surface area contributed by atoms with Gasteiger partial charge in [0, 0.05) is 47.0 Å². The Balaban J connectivity index is 2.10.